The molecule has 0 amide bonds. The first kappa shape index (κ1) is 21.2. The number of rotatable bonds is 8. The number of sulfonamides is 1. The molecule has 1 aromatic rings. The topological polar surface area (TPSA) is 59.1 Å². The minimum atomic E-state index is -3.50. The number of ether oxygens (including phenoxy) is 2. The van der Waals surface area contributed by atoms with Crippen molar-refractivity contribution in [3.05, 3.63) is 24.3 Å². The Morgan fingerprint density at radius 3 is 2.19 bits per heavy atom. The van der Waals surface area contributed by atoms with Gasteiger partial charge in [-0.1, -0.05) is 0 Å². The van der Waals surface area contributed by atoms with E-state index >= 15 is 0 Å². The molecule has 1 aliphatic heterocycles. The van der Waals surface area contributed by atoms with Crippen molar-refractivity contribution in [3.63, 3.8) is 0 Å². The second-order valence-electron chi connectivity index (χ2n) is 7.24. The first-order valence-corrected chi connectivity index (χ1v) is 10.7. The summed E-state index contributed by atoms with van der Waals surface area (Å²) in [6, 6.07) is 7.06. The van der Waals surface area contributed by atoms with Crippen LogP contribution in [0.25, 0.3) is 0 Å². The minimum absolute atomic E-state index is 0.0605. The van der Waals surface area contributed by atoms with Crippen molar-refractivity contribution in [1.29, 1.82) is 0 Å². The smallest absolute Gasteiger partial charge is 0.243 e. The van der Waals surface area contributed by atoms with E-state index in [4.69, 9.17) is 9.47 Å². The van der Waals surface area contributed by atoms with Crippen molar-refractivity contribution in [1.82, 2.24) is 9.21 Å². The van der Waals surface area contributed by atoms with Gasteiger partial charge in [0.15, 0.2) is 0 Å². The fourth-order valence-electron chi connectivity index (χ4n) is 3.45. The summed E-state index contributed by atoms with van der Waals surface area (Å²) >= 11 is 0. The molecule has 1 aromatic carbocycles. The zero-order valence-electron chi connectivity index (χ0n) is 16.5. The average Bonchev–Trinajstić information content (AvgIpc) is 2.57. The Hall–Kier alpha value is -1.15. The van der Waals surface area contributed by atoms with Gasteiger partial charge in [-0.25, -0.2) is 8.42 Å². The van der Waals surface area contributed by atoms with E-state index < -0.39 is 10.0 Å². The highest BCUT2D eigenvalue weighted by Crippen LogP contribution is 2.25. The molecule has 6 nitrogen and oxygen atoms in total. The van der Waals surface area contributed by atoms with Crippen molar-refractivity contribution < 1.29 is 17.9 Å². The molecule has 1 fully saturated rings. The Morgan fingerprint density at radius 1 is 1.12 bits per heavy atom. The maximum absolute atomic E-state index is 13.0. The number of benzene rings is 1. The third-order valence-electron chi connectivity index (χ3n) is 4.67. The molecule has 0 spiro atoms. The molecule has 0 N–H and O–H groups in total. The van der Waals surface area contributed by atoms with E-state index in [0.717, 1.165) is 19.6 Å². The van der Waals surface area contributed by atoms with Gasteiger partial charge in [-0.2, -0.15) is 4.31 Å². The van der Waals surface area contributed by atoms with Gasteiger partial charge in [-0.3, -0.25) is 4.90 Å². The van der Waals surface area contributed by atoms with Crippen LogP contribution < -0.4 is 4.74 Å². The van der Waals surface area contributed by atoms with Crippen LogP contribution in [0.4, 0.5) is 0 Å². The summed E-state index contributed by atoms with van der Waals surface area (Å²) in [5.74, 6) is 0.684. The van der Waals surface area contributed by atoms with E-state index in [1.54, 1.807) is 35.7 Å². The SMILES string of the molecule is COCCCN1C(C)CN(S(=O)(=O)c2ccc(OC(C)C)cc2)CC1C. The summed E-state index contributed by atoms with van der Waals surface area (Å²) in [7, 11) is -1.79. The van der Waals surface area contributed by atoms with Crippen LogP contribution in [0.3, 0.4) is 0 Å². The fourth-order valence-corrected chi connectivity index (χ4v) is 5.05. The first-order valence-electron chi connectivity index (χ1n) is 9.27. The van der Waals surface area contributed by atoms with Gasteiger partial charge in [0.1, 0.15) is 5.75 Å². The second kappa shape index (κ2) is 9.17. The van der Waals surface area contributed by atoms with Crippen molar-refractivity contribution in [2.75, 3.05) is 33.4 Å². The number of nitrogens with zero attached hydrogens (tertiary/aromatic N) is 2. The average molecular weight is 385 g/mol. The molecular formula is C19H32N2O4S. The van der Waals surface area contributed by atoms with Crippen molar-refractivity contribution in [2.24, 2.45) is 0 Å². The van der Waals surface area contributed by atoms with Gasteiger partial charge in [-0.15, -0.1) is 0 Å². The van der Waals surface area contributed by atoms with Crippen molar-refractivity contribution >= 4 is 10.0 Å². The van der Waals surface area contributed by atoms with Crippen LogP contribution in [0.2, 0.25) is 0 Å². The van der Waals surface area contributed by atoms with Gasteiger partial charge in [0.25, 0.3) is 0 Å². The zero-order valence-corrected chi connectivity index (χ0v) is 17.3. The quantitative estimate of drug-likeness (QED) is 0.645. The number of hydrogen-bond donors (Lipinski definition) is 0. The standard InChI is InChI=1S/C19H32N2O4S/c1-15(2)25-18-7-9-19(10-8-18)26(22,23)20-13-16(3)21(17(4)14-20)11-6-12-24-5/h7-10,15-17H,6,11-14H2,1-5H3. The zero-order chi connectivity index (χ0) is 19.3. The van der Waals surface area contributed by atoms with Crippen molar-refractivity contribution in [3.8, 4) is 5.75 Å². The predicted molar refractivity (Wildman–Crippen MR) is 103 cm³/mol. The highest BCUT2D eigenvalue weighted by Gasteiger charge is 2.35. The molecule has 1 aliphatic rings. The van der Waals surface area contributed by atoms with Crippen LogP contribution >= 0.6 is 0 Å². The monoisotopic (exact) mass is 384 g/mol. The largest absolute Gasteiger partial charge is 0.491 e. The van der Waals surface area contributed by atoms with E-state index in [9.17, 15) is 8.42 Å². The Morgan fingerprint density at radius 2 is 1.69 bits per heavy atom. The molecule has 0 saturated carbocycles. The Balaban J connectivity index is 2.07. The second-order valence-corrected chi connectivity index (χ2v) is 9.18. The molecule has 1 saturated heterocycles. The van der Waals surface area contributed by atoms with E-state index in [0.29, 0.717) is 23.7 Å². The van der Waals surface area contributed by atoms with E-state index in [2.05, 4.69) is 18.7 Å². The molecule has 0 bridgehead atoms. The van der Waals surface area contributed by atoms with Gasteiger partial charge in [0.2, 0.25) is 10.0 Å². The number of piperazine rings is 1. The highest BCUT2D eigenvalue weighted by molar-refractivity contribution is 7.89. The van der Waals surface area contributed by atoms with Gasteiger partial charge < -0.3 is 9.47 Å². The molecule has 2 atom stereocenters. The molecular weight excluding hydrogens is 352 g/mol. The maximum atomic E-state index is 13.0. The minimum Gasteiger partial charge on any atom is -0.491 e. The van der Waals surface area contributed by atoms with Crippen LogP contribution in [0, 0.1) is 0 Å². The van der Waals surface area contributed by atoms with Gasteiger partial charge >= 0.3 is 0 Å². The van der Waals surface area contributed by atoms with Gasteiger partial charge in [0.05, 0.1) is 11.0 Å². The van der Waals surface area contributed by atoms with E-state index in [1.165, 1.54) is 0 Å². The first-order chi connectivity index (χ1) is 12.3. The maximum Gasteiger partial charge on any atom is 0.243 e. The number of hydrogen-bond acceptors (Lipinski definition) is 5. The van der Waals surface area contributed by atoms with Crippen LogP contribution in [0.1, 0.15) is 34.1 Å². The highest BCUT2D eigenvalue weighted by atomic mass is 32.2. The van der Waals surface area contributed by atoms with Crippen LogP contribution in [-0.2, 0) is 14.8 Å². The molecule has 0 radical (unpaired) electrons. The summed E-state index contributed by atoms with van der Waals surface area (Å²) < 4.78 is 38.4. The van der Waals surface area contributed by atoms with E-state index in [1.807, 2.05) is 13.8 Å². The lowest BCUT2D eigenvalue weighted by molar-refractivity contribution is 0.0666. The molecule has 0 aliphatic carbocycles. The Kier molecular flexibility index (Phi) is 7.46. The molecule has 2 unspecified atom stereocenters. The van der Waals surface area contributed by atoms with Crippen molar-refractivity contribution in [2.45, 2.75) is 57.2 Å². The Bertz CT molecular complexity index is 649. The predicted octanol–water partition coefficient (Wildman–Crippen LogP) is 2.59. The van der Waals surface area contributed by atoms with Gasteiger partial charge in [0, 0.05) is 45.4 Å². The summed E-state index contributed by atoms with van der Waals surface area (Å²) in [6.45, 7) is 10.7. The lowest BCUT2D eigenvalue weighted by Crippen LogP contribution is -2.58. The Labute approximate surface area is 158 Å². The summed E-state index contributed by atoms with van der Waals surface area (Å²) in [6.07, 6.45) is 1.01. The normalized spacial score (nSPS) is 22.7. The van der Waals surface area contributed by atoms with Crippen LogP contribution in [0.15, 0.2) is 29.2 Å². The molecule has 148 valence electrons. The number of methoxy groups -OCH3 is 1. The lowest BCUT2D eigenvalue weighted by Gasteiger charge is -2.43. The lowest BCUT2D eigenvalue weighted by atomic mass is 10.1. The van der Waals surface area contributed by atoms with Crippen LogP contribution in [0.5, 0.6) is 5.75 Å². The molecule has 0 aromatic heterocycles. The van der Waals surface area contributed by atoms with Crippen LogP contribution in [-0.4, -0.2) is 69.2 Å². The third-order valence-corrected chi connectivity index (χ3v) is 6.51. The third kappa shape index (κ3) is 5.19. The molecule has 26 heavy (non-hydrogen) atoms. The van der Waals surface area contributed by atoms with Gasteiger partial charge in [-0.05, 0) is 58.4 Å². The fraction of sp³-hybridized carbons (Fsp3) is 0.684. The van der Waals surface area contributed by atoms with E-state index in [-0.39, 0.29) is 18.2 Å². The summed E-state index contributed by atoms with van der Waals surface area (Å²) in [5.41, 5.74) is 0. The molecule has 1 heterocycles. The summed E-state index contributed by atoms with van der Waals surface area (Å²) in [4.78, 5) is 2.69. The summed E-state index contributed by atoms with van der Waals surface area (Å²) in [5, 5.41) is 0. The molecule has 7 heteroatoms. The molecule has 2 rings (SSSR count).